The van der Waals surface area contributed by atoms with E-state index in [1.54, 1.807) is 0 Å². The molecule has 2 aromatic rings. The van der Waals surface area contributed by atoms with Gasteiger partial charge in [0.15, 0.2) is 0 Å². The lowest BCUT2D eigenvalue weighted by molar-refractivity contribution is 0.340. The fourth-order valence-corrected chi connectivity index (χ4v) is 2.12. The van der Waals surface area contributed by atoms with Gasteiger partial charge in [-0.2, -0.15) is 0 Å². The summed E-state index contributed by atoms with van der Waals surface area (Å²) in [6, 6.07) is 15.5. The van der Waals surface area contributed by atoms with Crippen molar-refractivity contribution in [3.8, 4) is 11.5 Å². The largest absolute Gasteiger partial charge is 0.494 e. The number of rotatable bonds is 7. The van der Waals surface area contributed by atoms with E-state index in [2.05, 4.69) is 9.98 Å². The molecule has 2 aromatic carbocycles. The van der Waals surface area contributed by atoms with E-state index in [9.17, 15) is 0 Å². The van der Waals surface area contributed by atoms with Crippen molar-refractivity contribution in [2.45, 2.75) is 27.7 Å². The van der Waals surface area contributed by atoms with Crippen molar-refractivity contribution in [2.24, 2.45) is 9.98 Å². The Kier molecular flexibility index (Phi) is 6.55. The van der Waals surface area contributed by atoms with Crippen LogP contribution in [0.15, 0.2) is 58.5 Å². The van der Waals surface area contributed by atoms with Crippen LogP contribution in [-0.4, -0.2) is 24.6 Å². The Morgan fingerprint density at radius 3 is 1.29 bits per heavy atom. The first-order chi connectivity index (χ1) is 11.6. The zero-order valence-electron chi connectivity index (χ0n) is 14.7. The summed E-state index contributed by atoms with van der Waals surface area (Å²) >= 11 is 0. The number of hydrogen-bond acceptors (Lipinski definition) is 4. The molecular weight excluding hydrogens is 300 g/mol. The van der Waals surface area contributed by atoms with Gasteiger partial charge in [0.05, 0.1) is 36.0 Å². The van der Waals surface area contributed by atoms with Crippen LogP contribution in [0.4, 0.5) is 11.4 Å². The van der Waals surface area contributed by atoms with Gasteiger partial charge in [0.1, 0.15) is 11.5 Å². The Labute approximate surface area is 143 Å². The van der Waals surface area contributed by atoms with Crippen molar-refractivity contribution in [3.05, 3.63) is 48.5 Å². The van der Waals surface area contributed by atoms with Crippen LogP contribution in [0.1, 0.15) is 27.7 Å². The van der Waals surface area contributed by atoms with E-state index in [1.165, 1.54) is 0 Å². The van der Waals surface area contributed by atoms with Gasteiger partial charge < -0.3 is 9.47 Å². The highest BCUT2D eigenvalue weighted by Gasteiger charge is 2.00. The van der Waals surface area contributed by atoms with E-state index in [-0.39, 0.29) is 0 Å². The van der Waals surface area contributed by atoms with Crippen molar-refractivity contribution in [2.75, 3.05) is 13.2 Å². The minimum atomic E-state index is 0.662. The predicted molar refractivity (Wildman–Crippen MR) is 101 cm³/mol. The summed E-state index contributed by atoms with van der Waals surface area (Å²) in [5.74, 6) is 1.71. The third kappa shape index (κ3) is 5.23. The quantitative estimate of drug-likeness (QED) is 0.643. The molecule has 24 heavy (non-hydrogen) atoms. The van der Waals surface area contributed by atoms with E-state index in [0.29, 0.717) is 13.2 Å². The number of benzene rings is 2. The normalized spacial score (nSPS) is 12.2. The fraction of sp³-hybridized carbons (Fsp3) is 0.300. The van der Waals surface area contributed by atoms with Gasteiger partial charge in [-0.3, -0.25) is 9.98 Å². The van der Waals surface area contributed by atoms with E-state index in [4.69, 9.17) is 9.47 Å². The first-order valence-electron chi connectivity index (χ1n) is 8.19. The number of aliphatic imine (C=N–C) groups is 2. The molecule has 0 heterocycles. The summed E-state index contributed by atoms with van der Waals surface area (Å²) in [5.41, 5.74) is 3.54. The van der Waals surface area contributed by atoms with E-state index in [0.717, 1.165) is 34.3 Å². The number of hydrogen-bond donors (Lipinski definition) is 0. The molecule has 0 unspecified atom stereocenters. The Morgan fingerprint density at radius 1 is 0.667 bits per heavy atom. The van der Waals surface area contributed by atoms with E-state index in [1.807, 2.05) is 76.2 Å². The maximum absolute atomic E-state index is 5.44. The van der Waals surface area contributed by atoms with Gasteiger partial charge in [0.2, 0.25) is 0 Å². The highest BCUT2D eigenvalue weighted by Crippen LogP contribution is 2.20. The summed E-state index contributed by atoms with van der Waals surface area (Å²) in [6.07, 6.45) is 0. The van der Waals surface area contributed by atoms with Crippen LogP contribution in [0.25, 0.3) is 0 Å². The lowest BCUT2D eigenvalue weighted by Crippen LogP contribution is -2.04. The van der Waals surface area contributed by atoms with Crippen LogP contribution >= 0.6 is 0 Å². The maximum atomic E-state index is 5.44. The van der Waals surface area contributed by atoms with Crippen molar-refractivity contribution in [1.82, 2.24) is 0 Å². The van der Waals surface area contributed by atoms with Crippen LogP contribution in [0.5, 0.6) is 11.5 Å². The third-order valence-corrected chi connectivity index (χ3v) is 3.41. The molecule has 4 nitrogen and oxygen atoms in total. The molecule has 0 aliphatic carbocycles. The second-order valence-electron chi connectivity index (χ2n) is 5.25. The third-order valence-electron chi connectivity index (χ3n) is 3.41. The smallest absolute Gasteiger partial charge is 0.119 e. The molecule has 0 aromatic heterocycles. The molecule has 0 atom stereocenters. The SMILES string of the molecule is CCOc1ccc(N=C(C)C(C)=Nc2ccc(OCC)cc2)cc1. The zero-order chi connectivity index (χ0) is 17.4. The number of ether oxygens (including phenoxy) is 2. The first kappa shape index (κ1) is 17.7. The fourth-order valence-electron chi connectivity index (χ4n) is 2.12. The molecule has 0 N–H and O–H groups in total. The highest BCUT2D eigenvalue weighted by atomic mass is 16.5. The molecule has 0 aliphatic rings. The Balaban J connectivity index is 2.10. The molecular formula is C20H24N2O2. The Morgan fingerprint density at radius 2 is 1.00 bits per heavy atom. The van der Waals surface area contributed by atoms with Crippen molar-refractivity contribution >= 4 is 22.8 Å². The first-order valence-corrected chi connectivity index (χ1v) is 8.19. The standard InChI is InChI=1S/C20H24N2O2/c1-5-23-19-11-7-17(8-12-19)21-15(3)16(4)22-18-9-13-20(14-10-18)24-6-2/h7-14H,5-6H2,1-4H3. The van der Waals surface area contributed by atoms with E-state index < -0.39 is 0 Å². The van der Waals surface area contributed by atoms with Crippen LogP contribution < -0.4 is 9.47 Å². The molecule has 0 fully saturated rings. The Hall–Kier alpha value is -2.62. The second-order valence-corrected chi connectivity index (χ2v) is 5.25. The minimum Gasteiger partial charge on any atom is -0.494 e. The molecule has 0 saturated heterocycles. The molecule has 0 aliphatic heterocycles. The van der Waals surface area contributed by atoms with Gasteiger partial charge in [-0.05, 0) is 76.2 Å². The van der Waals surface area contributed by atoms with Gasteiger partial charge >= 0.3 is 0 Å². The van der Waals surface area contributed by atoms with Crippen molar-refractivity contribution in [1.29, 1.82) is 0 Å². The molecule has 0 bridgehead atoms. The van der Waals surface area contributed by atoms with Crippen molar-refractivity contribution < 1.29 is 9.47 Å². The maximum Gasteiger partial charge on any atom is 0.119 e. The predicted octanol–water partition coefficient (Wildman–Crippen LogP) is 5.37. The topological polar surface area (TPSA) is 43.2 Å². The minimum absolute atomic E-state index is 0.662. The monoisotopic (exact) mass is 324 g/mol. The molecule has 0 radical (unpaired) electrons. The molecule has 2 rings (SSSR count). The summed E-state index contributed by atoms with van der Waals surface area (Å²) in [4.78, 5) is 9.22. The lowest BCUT2D eigenvalue weighted by atomic mass is 10.2. The van der Waals surface area contributed by atoms with Crippen LogP contribution in [0, 0.1) is 0 Å². The summed E-state index contributed by atoms with van der Waals surface area (Å²) in [5, 5.41) is 0. The average molecular weight is 324 g/mol. The molecule has 4 heteroatoms. The van der Waals surface area contributed by atoms with Crippen LogP contribution in [0.3, 0.4) is 0 Å². The van der Waals surface area contributed by atoms with Gasteiger partial charge in [0.25, 0.3) is 0 Å². The van der Waals surface area contributed by atoms with Crippen molar-refractivity contribution in [3.63, 3.8) is 0 Å². The summed E-state index contributed by atoms with van der Waals surface area (Å²) in [6.45, 7) is 9.19. The molecule has 0 spiro atoms. The average Bonchev–Trinajstić information content (AvgIpc) is 2.59. The molecule has 126 valence electrons. The number of nitrogens with zero attached hydrogens (tertiary/aromatic N) is 2. The van der Waals surface area contributed by atoms with Gasteiger partial charge in [-0.1, -0.05) is 0 Å². The summed E-state index contributed by atoms with van der Waals surface area (Å²) < 4.78 is 10.9. The lowest BCUT2D eigenvalue weighted by Gasteiger charge is -2.05. The molecule has 0 amide bonds. The van der Waals surface area contributed by atoms with Gasteiger partial charge in [-0.25, -0.2) is 0 Å². The van der Waals surface area contributed by atoms with Gasteiger partial charge in [0, 0.05) is 0 Å². The zero-order valence-corrected chi connectivity index (χ0v) is 14.7. The highest BCUT2D eigenvalue weighted by molar-refractivity contribution is 6.41. The second kappa shape index (κ2) is 8.87. The van der Waals surface area contributed by atoms with Crippen LogP contribution in [0.2, 0.25) is 0 Å². The summed E-state index contributed by atoms with van der Waals surface area (Å²) in [7, 11) is 0. The van der Waals surface area contributed by atoms with E-state index >= 15 is 0 Å². The van der Waals surface area contributed by atoms with Gasteiger partial charge in [-0.15, -0.1) is 0 Å². The molecule has 0 saturated carbocycles. The Bertz CT molecular complexity index is 638. The van der Waals surface area contributed by atoms with Crippen LogP contribution in [-0.2, 0) is 0 Å².